The average Bonchev–Trinajstić information content (AvgIpc) is 0.972. The van der Waals surface area contributed by atoms with Gasteiger partial charge in [0.15, 0.2) is 12.2 Å². The van der Waals surface area contributed by atoms with Gasteiger partial charge in [0.2, 0.25) is 0 Å². The molecule has 0 fully saturated rings. The summed E-state index contributed by atoms with van der Waals surface area (Å²) in [5.41, 5.74) is 0. The van der Waals surface area contributed by atoms with E-state index in [9.17, 15) is 43.2 Å². The minimum Gasteiger partial charge on any atom is -0.462 e. The van der Waals surface area contributed by atoms with Gasteiger partial charge in [0.1, 0.15) is 19.3 Å². The van der Waals surface area contributed by atoms with Crippen molar-refractivity contribution in [2.45, 2.75) is 425 Å². The van der Waals surface area contributed by atoms with Gasteiger partial charge in [-0.15, -0.1) is 0 Å². The summed E-state index contributed by atoms with van der Waals surface area (Å²) in [4.78, 5) is 73.0. The molecule has 0 aromatic heterocycles. The van der Waals surface area contributed by atoms with Gasteiger partial charge < -0.3 is 33.8 Å². The number of phosphoric acid groups is 2. The number of esters is 4. The van der Waals surface area contributed by atoms with Crippen molar-refractivity contribution in [1.29, 1.82) is 0 Å². The van der Waals surface area contributed by atoms with Gasteiger partial charge in [-0.05, 0) is 57.3 Å². The van der Waals surface area contributed by atoms with Crippen molar-refractivity contribution in [3.05, 3.63) is 24.3 Å². The number of carbonyl (C=O) groups excluding carboxylic acids is 4. The average molecular weight is 1460 g/mol. The highest BCUT2D eigenvalue weighted by Crippen LogP contribution is 2.45. The number of unbranched alkanes of at least 4 members (excludes halogenated alkanes) is 48. The minimum atomic E-state index is -4.97. The van der Waals surface area contributed by atoms with Crippen LogP contribution in [0, 0.1) is 5.92 Å². The van der Waals surface area contributed by atoms with Crippen LogP contribution < -0.4 is 0 Å². The Labute approximate surface area is 612 Å². The van der Waals surface area contributed by atoms with Gasteiger partial charge in [-0.3, -0.25) is 37.3 Å². The van der Waals surface area contributed by atoms with E-state index in [1.807, 2.05) is 0 Å². The molecule has 0 bridgehead atoms. The zero-order valence-corrected chi connectivity index (χ0v) is 66.6. The predicted molar refractivity (Wildman–Crippen MR) is 409 cm³/mol. The second-order valence-corrected chi connectivity index (χ2v) is 31.9. The second-order valence-electron chi connectivity index (χ2n) is 29.0. The van der Waals surface area contributed by atoms with Crippen LogP contribution in [0.4, 0.5) is 0 Å². The molecule has 0 aromatic carbocycles. The van der Waals surface area contributed by atoms with Gasteiger partial charge in [-0.1, -0.05) is 354 Å². The minimum absolute atomic E-state index is 0.102. The number of carbonyl (C=O) groups is 4. The zero-order chi connectivity index (χ0) is 73.4. The molecule has 5 atom stereocenters. The van der Waals surface area contributed by atoms with E-state index in [4.69, 9.17) is 37.0 Å². The molecule has 0 aliphatic carbocycles. The third kappa shape index (κ3) is 73.8. The lowest BCUT2D eigenvalue weighted by atomic mass is 10.0. The lowest BCUT2D eigenvalue weighted by Crippen LogP contribution is -2.30. The number of aliphatic hydroxyl groups excluding tert-OH is 1. The fraction of sp³-hybridized carbons (Fsp3) is 0.901. The molecular weight excluding hydrogens is 1310 g/mol. The van der Waals surface area contributed by atoms with E-state index in [2.05, 4.69) is 58.9 Å². The highest BCUT2D eigenvalue weighted by Gasteiger charge is 2.30. The highest BCUT2D eigenvalue weighted by atomic mass is 31.2. The number of ether oxygens (including phenoxy) is 4. The van der Waals surface area contributed by atoms with Crippen molar-refractivity contribution in [3.63, 3.8) is 0 Å². The molecule has 0 aromatic rings. The van der Waals surface area contributed by atoms with Crippen LogP contribution >= 0.6 is 15.6 Å². The van der Waals surface area contributed by atoms with Crippen LogP contribution in [0.5, 0.6) is 0 Å². The smallest absolute Gasteiger partial charge is 0.462 e. The molecule has 0 radical (unpaired) electrons. The van der Waals surface area contributed by atoms with E-state index in [-0.39, 0.29) is 25.7 Å². The Morgan fingerprint density at radius 3 is 0.820 bits per heavy atom. The third-order valence-electron chi connectivity index (χ3n) is 18.4. The molecule has 0 aliphatic heterocycles. The van der Waals surface area contributed by atoms with Crippen LogP contribution in [-0.2, 0) is 65.4 Å². The molecule has 17 nitrogen and oxygen atoms in total. The van der Waals surface area contributed by atoms with Crippen LogP contribution in [0.3, 0.4) is 0 Å². The molecule has 0 saturated carbocycles. The van der Waals surface area contributed by atoms with Gasteiger partial charge in [0.25, 0.3) is 0 Å². The standard InChI is InChI=1S/C81H154O17P2/c1-6-9-12-15-18-21-24-27-29-30-31-33-36-41-46-51-56-61-66-80(85)97-76(70-92-79(84)65-60-55-50-45-40-35-32-28-25-22-19-16-13-10-7-2)72-95-99(87,88)93-68-75(82)69-94-100(89,90)96-73-77(71-91-78(83)64-59-54-49-44-39-34-26-23-20-17-14-11-8-3)98-81(86)67-62-57-52-47-42-37-38-43-48-53-58-63-74(4)5/h22,25,28,32,74-77,82H,6-21,23-24,26-27,29-31,33-73H2,1-5H3,(H,87,88)(H,89,90)/b25-22-,32-28-/t75-,76-,77-/m1/s1. The molecule has 0 rings (SSSR count). The summed E-state index contributed by atoms with van der Waals surface area (Å²) in [6.07, 6.45) is 67.3. The van der Waals surface area contributed by atoms with Gasteiger partial charge >= 0.3 is 39.5 Å². The Morgan fingerprint density at radius 2 is 0.540 bits per heavy atom. The van der Waals surface area contributed by atoms with Gasteiger partial charge in [-0.2, -0.15) is 0 Å². The molecule has 0 heterocycles. The summed E-state index contributed by atoms with van der Waals surface area (Å²) >= 11 is 0. The normalized spacial score (nSPS) is 14.0. The van der Waals surface area contributed by atoms with Crippen molar-refractivity contribution >= 4 is 39.5 Å². The number of allylic oxidation sites excluding steroid dienone is 4. The highest BCUT2D eigenvalue weighted by molar-refractivity contribution is 7.47. The Bertz CT molecular complexity index is 2000. The Hall–Kier alpha value is -2.46. The molecule has 0 saturated heterocycles. The molecular formula is C81H154O17P2. The van der Waals surface area contributed by atoms with Crippen LogP contribution in [0.15, 0.2) is 24.3 Å². The van der Waals surface area contributed by atoms with Crippen LogP contribution in [0.1, 0.15) is 407 Å². The molecule has 19 heteroatoms. The lowest BCUT2D eigenvalue weighted by molar-refractivity contribution is -0.161. The summed E-state index contributed by atoms with van der Waals surface area (Å²) in [6, 6.07) is 0. The maximum Gasteiger partial charge on any atom is 0.472 e. The molecule has 0 aliphatic rings. The van der Waals surface area contributed by atoms with Crippen molar-refractivity contribution in [1.82, 2.24) is 0 Å². The topological polar surface area (TPSA) is 237 Å². The van der Waals surface area contributed by atoms with E-state index in [1.165, 1.54) is 212 Å². The molecule has 0 amide bonds. The first kappa shape index (κ1) is 97.5. The Kier molecular flexibility index (Phi) is 71.6. The summed E-state index contributed by atoms with van der Waals surface area (Å²) in [6.45, 7) is 7.27. The molecule has 100 heavy (non-hydrogen) atoms. The fourth-order valence-corrected chi connectivity index (χ4v) is 13.6. The molecule has 590 valence electrons. The van der Waals surface area contributed by atoms with Crippen LogP contribution in [0.2, 0.25) is 0 Å². The number of hydrogen-bond acceptors (Lipinski definition) is 15. The van der Waals surface area contributed by atoms with Crippen molar-refractivity contribution in [2.75, 3.05) is 39.6 Å². The monoisotopic (exact) mass is 1460 g/mol. The second kappa shape index (κ2) is 73.4. The van der Waals surface area contributed by atoms with E-state index in [1.54, 1.807) is 0 Å². The quantitative estimate of drug-likeness (QED) is 0.0169. The number of rotatable bonds is 79. The Morgan fingerprint density at radius 1 is 0.310 bits per heavy atom. The molecule has 3 N–H and O–H groups in total. The maximum absolute atomic E-state index is 13.1. The summed E-state index contributed by atoms with van der Waals surface area (Å²) in [7, 11) is -9.93. The zero-order valence-electron chi connectivity index (χ0n) is 64.8. The largest absolute Gasteiger partial charge is 0.472 e. The van der Waals surface area contributed by atoms with Crippen molar-refractivity contribution in [3.8, 4) is 0 Å². The first-order valence-corrected chi connectivity index (χ1v) is 44.4. The first-order chi connectivity index (χ1) is 48.5. The van der Waals surface area contributed by atoms with Crippen LogP contribution in [0.25, 0.3) is 0 Å². The van der Waals surface area contributed by atoms with Crippen molar-refractivity contribution < 1.29 is 80.2 Å². The Balaban J connectivity index is 5.30. The molecule has 0 spiro atoms. The fourth-order valence-electron chi connectivity index (χ4n) is 12.0. The van der Waals surface area contributed by atoms with Gasteiger partial charge in [0, 0.05) is 25.7 Å². The van der Waals surface area contributed by atoms with Crippen LogP contribution in [-0.4, -0.2) is 96.7 Å². The van der Waals surface area contributed by atoms with Gasteiger partial charge in [-0.25, -0.2) is 9.13 Å². The van der Waals surface area contributed by atoms with E-state index >= 15 is 0 Å². The predicted octanol–water partition coefficient (Wildman–Crippen LogP) is 24.0. The first-order valence-electron chi connectivity index (χ1n) is 41.5. The summed E-state index contributed by atoms with van der Waals surface area (Å²) in [5.74, 6) is -1.37. The summed E-state index contributed by atoms with van der Waals surface area (Å²) < 4.78 is 68.7. The third-order valence-corrected chi connectivity index (χ3v) is 20.3. The van der Waals surface area contributed by atoms with E-state index < -0.39 is 97.5 Å². The number of hydrogen-bond donors (Lipinski definition) is 3. The van der Waals surface area contributed by atoms with E-state index in [0.29, 0.717) is 25.7 Å². The van der Waals surface area contributed by atoms with E-state index in [0.717, 1.165) is 115 Å². The summed E-state index contributed by atoms with van der Waals surface area (Å²) in [5, 5.41) is 10.6. The van der Waals surface area contributed by atoms with Gasteiger partial charge in [0.05, 0.1) is 26.4 Å². The van der Waals surface area contributed by atoms with Crippen molar-refractivity contribution in [2.24, 2.45) is 5.92 Å². The number of phosphoric ester groups is 2. The lowest BCUT2D eigenvalue weighted by Gasteiger charge is -2.21. The molecule has 2 unspecified atom stereocenters. The number of aliphatic hydroxyl groups is 1. The SMILES string of the molecule is CCCCCC/C=C\C=C/CCCCCCCC(=O)OC[C@H](COP(=O)(O)OC[C@@H](O)COP(=O)(O)OC[C@@H](COC(=O)CCCCCCCCCCCCCCC)OC(=O)CCCCCCCCCCCCCC(C)C)OC(=O)CCCCCCCCCCCCCCCCCCCC. The maximum atomic E-state index is 13.1.